The van der Waals surface area contributed by atoms with Gasteiger partial charge in [0.2, 0.25) is 12.7 Å². The fourth-order valence-electron chi connectivity index (χ4n) is 2.80. The quantitative estimate of drug-likeness (QED) is 0.463. The monoisotopic (exact) mass is 442 g/mol. The standard InChI is InChI=1S/C20H19BrN4O3/c1-22-20(23-9-13-7-16(21)18-17(8-13)27-12-28-18)24-10-15-11-26-19(25-15)14-5-3-2-4-6-14/h2-8,11H,9-10,12H2,1H3,(H2,22,23,24). The zero-order valence-corrected chi connectivity index (χ0v) is 16.8. The first-order chi connectivity index (χ1) is 13.7. The molecule has 1 aromatic heterocycles. The number of nitrogens with one attached hydrogen (secondary N) is 2. The number of ether oxygens (including phenoxy) is 2. The minimum Gasteiger partial charge on any atom is -0.454 e. The van der Waals surface area contributed by atoms with Crippen LogP contribution >= 0.6 is 15.9 Å². The molecule has 144 valence electrons. The molecule has 28 heavy (non-hydrogen) atoms. The summed E-state index contributed by atoms with van der Waals surface area (Å²) in [6, 6.07) is 13.8. The summed E-state index contributed by atoms with van der Waals surface area (Å²) in [6.07, 6.45) is 1.65. The first kappa shape index (κ1) is 18.4. The first-order valence-electron chi connectivity index (χ1n) is 8.75. The Labute approximate surface area is 170 Å². The van der Waals surface area contributed by atoms with Crippen molar-refractivity contribution in [2.24, 2.45) is 4.99 Å². The number of oxazole rings is 1. The van der Waals surface area contributed by atoms with Crippen LogP contribution in [0.5, 0.6) is 11.5 Å². The van der Waals surface area contributed by atoms with Gasteiger partial charge in [0.15, 0.2) is 17.5 Å². The molecule has 0 aliphatic carbocycles. The highest BCUT2D eigenvalue weighted by Crippen LogP contribution is 2.39. The van der Waals surface area contributed by atoms with E-state index in [2.05, 4.69) is 36.5 Å². The first-order valence-corrected chi connectivity index (χ1v) is 9.54. The van der Waals surface area contributed by atoms with E-state index in [4.69, 9.17) is 13.9 Å². The maximum atomic E-state index is 5.56. The van der Waals surface area contributed by atoms with Crippen molar-refractivity contribution < 1.29 is 13.9 Å². The molecule has 2 aromatic carbocycles. The molecule has 8 heteroatoms. The number of hydrogen-bond acceptors (Lipinski definition) is 5. The van der Waals surface area contributed by atoms with Gasteiger partial charge in [0.05, 0.1) is 16.7 Å². The number of benzene rings is 2. The highest BCUT2D eigenvalue weighted by Gasteiger charge is 2.18. The lowest BCUT2D eigenvalue weighted by molar-refractivity contribution is 0.173. The molecule has 0 saturated heterocycles. The zero-order valence-electron chi connectivity index (χ0n) is 15.2. The van der Waals surface area contributed by atoms with Crippen LogP contribution in [0.1, 0.15) is 11.3 Å². The van der Waals surface area contributed by atoms with Gasteiger partial charge in [-0.1, -0.05) is 18.2 Å². The number of halogens is 1. The van der Waals surface area contributed by atoms with Gasteiger partial charge in [-0.05, 0) is 45.8 Å². The molecule has 2 N–H and O–H groups in total. The minimum absolute atomic E-state index is 0.247. The third-order valence-corrected chi connectivity index (χ3v) is 4.77. The summed E-state index contributed by atoms with van der Waals surface area (Å²) in [4.78, 5) is 8.75. The van der Waals surface area contributed by atoms with Crippen LogP contribution in [0, 0.1) is 0 Å². The number of fused-ring (bicyclic) bond motifs is 1. The summed E-state index contributed by atoms with van der Waals surface area (Å²) in [5, 5.41) is 6.51. The van der Waals surface area contributed by atoms with Gasteiger partial charge in [0, 0.05) is 19.2 Å². The predicted molar refractivity (Wildman–Crippen MR) is 109 cm³/mol. The van der Waals surface area contributed by atoms with Gasteiger partial charge in [-0.15, -0.1) is 0 Å². The summed E-state index contributed by atoms with van der Waals surface area (Å²) in [7, 11) is 1.73. The largest absolute Gasteiger partial charge is 0.454 e. The number of hydrogen-bond donors (Lipinski definition) is 2. The van der Waals surface area contributed by atoms with E-state index in [1.54, 1.807) is 13.3 Å². The van der Waals surface area contributed by atoms with E-state index in [1.165, 1.54) is 0 Å². The van der Waals surface area contributed by atoms with Crippen LogP contribution in [0.3, 0.4) is 0 Å². The summed E-state index contributed by atoms with van der Waals surface area (Å²) in [5.41, 5.74) is 2.80. The lowest BCUT2D eigenvalue weighted by Gasteiger charge is -2.11. The zero-order chi connectivity index (χ0) is 19.3. The number of nitrogens with zero attached hydrogens (tertiary/aromatic N) is 2. The summed E-state index contributed by atoms with van der Waals surface area (Å²) in [6.45, 7) is 1.33. The normalized spacial score (nSPS) is 12.9. The molecule has 0 bridgehead atoms. The molecule has 0 fully saturated rings. The third kappa shape index (κ3) is 4.12. The molecule has 0 atom stereocenters. The van der Waals surface area contributed by atoms with E-state index in [0.29, 0.717) is 24.9 Å². The van der Waals surface area contributed by atoms with E-state index in [9.17, 15) is 0 Å². The molecule has 0 spiro atoms. The summed E-state index contributed by atoms with van der Waals surface area (Å²) < 4.78 is 17.3. The Bertz CT molecular complexity index is 988. The molecule has 0 unspecified atom stereocenters. The second-order valence-electron chi connectivity index (χ2n) is 6.10. The average molecular weight is 443 g/mol. The Hall–Kier alpha value is -3.00. The van der Waals surface area contributed by atoms with Gasteiger partial charge in [-0.2, -0.15) is 0 Å². The highest BCUT2D eigenvalue weighted by molar-refractivity contribution is 9.10. The van der Waals surface area contributed by atoms with Gasteiger partial charge in [-0.3, -0.25) is 4.99 Å². The van der Waals surface area contributed by atoms with Crippen molar-refractivity contribution in [3.63, 3.8) is 0 Å². The Morgan fingerprint density at radius 3 is 2.79 bits per heavy atom. The lowest BCUT2D eigenvalue weighted by Crippen LogP contribution is -2.36. The van der Waals surface area contributed by atoms with Gasteiger partial charge in [0.25, 0.3) is 0 Å². The second kappa shape index (κ2) is 8.35. The Kier molecular flexibility index (Phi) is 5.48. The average Bonchev–Trinajstić information content (AvgIpc) is 3.38. The summed E-state index contributed by atoms with van der Waals surface area (Å²) >= 11 is 3.51. The number of aromatic nitrogens is 1. The van der Waals surface area contributed by atoms with Crippen LogP contribution in [0.4, 0.5) is 0 Å². The molecule has 3 aromatic rings. The smallest absolute Gasteiger partial charge is 0.231 e. The molecular weight excluding hydrogens is 424 g/mol. The van der Waals surface area contributed by atoms with Crippen molar-refractivity contribution in [2.45, 2.75) is 13.1 Å². The molecule has 7 nitrogen and oxygen atoms in total. The van der Waals surface area contributed by atoms with Gasteiger partial charge in [-0.25, -0.2) is 4.98 Å². The van der Waals surface area contributed by atoms with E-state index in [1.807, 2.05) is 42.5 Å². The van der Waals surface area contributed by atoms with Gasteiger partial charge < -0.3 is 24.5 Å². The SMILES string of the molecule is CN=C(NCc1cc(Br)c2c(c1)OCO2)NCc1coc(-c2ccccc2)n1. The van der Waals surface area contributed by atoms with Crippen LogP contribution in [0.2, 0.25) is 0 Å². The second-order valence-corrected chi connectivity index (χ2v) is 6.96. The van der Waals surface area contributed by atoms with E-state index >= 15 is 0 Å². The fraction of sp³-hybridized carbons (Fsp3) is 0.200. The van der Waals surface area contributed by atoms with E-state index in [-0.39, 0.29) is 6.79 Å². The fourth-order valence-corrected chi connectivity index (χ4v) is 3.41. The number of guanidine groups is 1. The van der Waals surface area contributed by atoms with Gasteiger partial charge >= 0.3 is 0 Å². The molecule has 0 radical (unpaired) electrons. The number of aliphatic imine (C=N–C) groups is 1. The highest BCUT2D eigenvalue weighted by atomic mass is 79.9. The van der Waals surface area contributed by atoms with Gasteiger partial charge in [0.1, 0.15) is 6.26 Å². The summed E-state index contributed by atoms with van der Waals surface area (Å²) in [5.74, 6) is 2.75. The Morgan fingerprint density at radius 2 is 1.96 bits per heavy atom. The van der Waals surface area contributed by atoms with Crippen LogP contribution < -0.4 is 20.1 Å². The van der Waals surface area contributed by atoms with Crippen molar-refractivity contribution in [3.8, 4) is 23.0 Å². The maximum Gasteiger partial charge on any atom is 0.231 e. The topological polar surface area (TPSA) is 80.9 Å². The molecule has 1 aliphatic rings. The van der Waals surface area contributed by atoms with Crippen molar-refractivity contribution in [1.82, 2.24) is 15.6 Å². The van der Waals surface area contributed by atoms with Crippen LogP contribution in [-0.4, -0.2) is 24.8 Å². The Morgan fingerprint density at radius 1 is 1.14 bits per heavy atom. The van der Waals surface area contributed by atoms with E-state index < -0.39 is 0 Å². The lowest BCUT2D eigenvalue weighted by atomic mass is 10.2. The van der Waals surface area contributed by atoms with Crippen molar-refractivity contribution in [1.29, 1.82) is 0 Å². The molecular formula is C20H19BrN4O3. The number of rotatable bonds is 5. The molecule has 4 rings (SSSR count). The van der Waals surface area contributed by atoms with Crippen LogP contribution in [-0.2, 0) is 13.1 Å². The van der Waals surface area contributed by atoms with E-state index in [0.717, 1.165) is 32.8 Å². The maximum absolute atomic E-state index is 5.56. The van der Waals surface area contributed by atoms with Crippen LogP contribution in [0.15, 0.2) is 62.6 Å². The van der Waals surface area contributed by atoms with Crippen molar-refractivity contribution in [2.75, 3.05) is 13.8 Å². The minimum atomic E-state index is 0.247. The predicted octanol–water partition coefficient (Wildman–Crippen LogP) is 3.70. The molecule has 0 saturated carbocycles. The van der Waals surface area contributed by atoms with Crippen molar-refractivity contribution in [3.05, 3.63) is 64.5 Å². The third-order valence-electron chi connectivity index (χ3n) is 4.18. The van der Waals surface area contributed by atoms with Crippen LogP contribution in [0.25, 0.3) is 11.5 Å². The Balaban J connectivity index is 1.33. The molecule has 2 heterocycles. The molecule has 1 aliphatic heterocycles. The van der Waals surface area contributed by atoms with Crippen molar-refractivity contribution >= 4 is 21.9 Å². The molecule has 0 amide bonds.